The van der Waals surface area contributed by atoms with Crippen molar-refractivity contribution < 1.29 is 18.8 Å². The highest BCUT2D eigenvalue weighted by atomic mass is 19.1. The summed E-state index contributed by atoms with van der Waals surface area (Å²) in [6.07, 6.45) is -1.30. The van der Waals surface area contributed by atoms with Gasteiger partial charge in [0.25, 0.3) is 5.91 Å². The Morgan fingerprint density at radius 3 is 2.39 bits per heavy atom. The molecule has 0 aliphatic carbocycles. The third kappa shape index (κ3) is 4.50. The van der Waals surface area contributed by atoms with Gasteiger partial charge in [-0.3, -0.25) is 9.59 Å². The Hall–Kier alpha value is -4.33. The maximum Gasteiger partial charge on any atom is 0.321 e. The molecule has 1 atom stereocenters. The van der Waals surface area contributed by atoms with Gasteiger partial charge in [0.05, 0.1) is 11.4 Å². The number of nitrogens with one attached hydrogen (secondary N) is 2. The summed E-state index contributed by atoms with van der Waals surface area (Å²) in [6, 6.07) is 18.9. The molecule has 0 saturated carbocycles. The van der Waals surface area contributed by atoms with E-state index < -0.39 is 23.9 Å². The van der Waals surface area contributed by atoms with Crippen molar-refractivity contribution in [2.45, 2.75) is 13.1 Å². The number of likely N-dealkylation sites (N-methyl/N-ethyl adjacent to an activating group) is 1. The van der Waals surface area contributed by atoms with Crippen molar-refractivity contribution in [3.05, 3.63) is 95.3 Å². The molecule has 3 amide bonds. The molecule has 1 aliphatic heterocycles. The van der Waals surface area contributed by atoms with E-state index in [0.717, 1.165) is 0 Å². The van der Waals surface area contributed by atoms with Gasteiger partial charge in [0.1, 0.15) is 5.82 Å². The van der Waals surface area contributed by atoms with Crippen LogP contribution in [-0.4, -0.2) is 36.6 Å². The Bertz CT molecular complexity index is 1290. The van der Waals surface area contributed by atoms with E-state index in [1.54, 1.807) is 67.7 Å². The molecule has 166 valence electrons. The molecule has 0 aromatic heterocycles. The number of urea groups is 1. The maximum atomic E-state index is 14.7. The predicted molar refractivity (Wildman–Crippen MR) is 124 cm³/mol. The third-order valence-electron chi connectivity index (χ3n) is 5.27. The summed E-state index contributed by atoms with van der Waals surface area (Å²) >= 11 is 0. The second-order valence-electron chi connectivity index (χ2n) is 7.51. The van der Waals surface area contributed by atoms with Crippen molar-refractivity contribution in [2.24, 2.45) is 4.99 Å². The van der Waals surface area contributed by atoms with Crippen LogP contribution >= 0.6 is 0 Å². The van der Waals surface area contributed by atoms with Crippen molar-refractivity contribution >= 4 is 34.8 Å². The molecular formula is C25H21FN4O3. The van der Waals surface area contributed by atoms with E-state index in [9.17, 15) is 18.8 Å². The van der Waals surface area contributed by atoms with Crippen molar-refractivity contribution in [2.75, 3.05) is 17.3 Å². The second-order valence-corrected chi connectivity index (χ2v) is 7.51. The average Bonchev–Trinajstić information content (AvgIpc) is 2.90. The lowest BCUT2D eigenvalue weighted by Crippen LogP contribution is -2.47. The maximum absolute atomic E-state index is 14.7. The SMILES string of the molecule is CC(=O)c1cccc(NC(=O)NC2N=C(c3ccccc3F)c3ccccc3N(C)C2=O)c1. The summed E-state index contributed by atoms with van der Waals surface area (Å²) in [6.45, 7) is 1.43. The van der Waals surface area contributed by atoms with E-state index in [-0.39, 0.29) is 17.1 Å². The number of anilines is 2. The van der Waals surface area contributed by atoms with Gasteiger partial charge in [-0.05, 0) is 37.3 Å². The first-order valence-electron chi connectivity index (χ1n) is 10.2. The quantitative estimate of drug-likeness (QED) is 0.596. The molecule has 0 fully saturated rings. The van der Waals surface area contributed by atoms with Gasteiger partial charge in [0.2, 0.25) is 6.17 Å². The molecule has 2 N–H and O–H groups in total. The fourth-order valence-corrected chi connectivity index (χ4v) is 3.59. The highest BCUT2D eigenvalue weighted by Crippen LogP contribution is 2.28. The number of hydrogen-bond acceptors (Lipinski definition) is 4. The summed E-state index contributed by atoms with van der Waals surface area (Å²) in [5.41, 5.74) is 2.41. The number of hydrogen-bond donors (Lipinski definition) is 2. The largest absolute Gasteiger partial charge is 0.321 e. The number of fused-ring (bicyclic) bond motifs is 1. The number of aliphatic imine (C=N–C) groups is 1. The Balaban J connectivity index is 1.69. The summed E-state index contributed by atoms with van der Waals surface area (Å²) in [5.74, 6) is -1.12. The van der Waals surface area contributed by atoms with Crippen LogP contribution in [-0.2, 0) is 4.79 Å². The number of para-hydroxylation sites is 1. The summed E-state index contributed by atoms with van der Waals surface area (Å²) in [7, 11) is 1.57. The topological polar surface area (TPSA) is 90.9 Å². The van der Waals surface area contributed by atoms with Crippen molar-refractivity contribution in [1.82, 2.24) is 5.32 Å². The van der Waals surface area contributed by atoms with Crippen LogP contribution in [0.1, 0.15) is 28.4 Å². The first kappa shape index (κ1) is 21.9. The van der Waals surface area contributed by atoms with Gasteiger partial charge >= 0.3 is 6.03 Å². The van der Waals surface area contributed by atoms with Gasteiger partial charge in [-0.15, -0.1) is 0 Å². The zero-order valence-electron chi connectivity index (χ0n) is 18.0. The molecular weight excluding hydrogens is 423 g/mol. The smallest absolute Gasteiger partial charge is 0.311 e. The van der Waals surface area contributed by atoms with Gasteiger partial charge in [-0.1, -0.05) is 42.5 Å². The number of rotatable bonds is 4. The molecule has 3 aromatic carbocycles. The zero-order chi connectivity index (χ0) is 23.5. The Kier molecular flexibility index (Phi) is 5.99. The Morgan fingerprint density at radius 2 is 1.67 bits per heavy atom. The first-order valence-corrected chi connectivity index (χ1v) is 10.2. The van der Waals surface area contributed by atoms with Crippen molar-refractivity contribution in [3.63, 3.8) is 0 Å². The third-order valence-corrected chi connectivity index (χ3v) is 5.27. The highest BCUT2D eigenvalue weighted by molar-refractivity contribution is 6.20. The van der Waals surface area contributed by atoms with Gasteiger partial charge in [-0.25, -0.2) is 14.2 Å². The lowest BCUT2D eigenvalue weighted by molar-refractivity contribution is -0.119. The van der Waals surface area contributed by atoms with Crippen LogP contribution in [0.4, 0.5) is 20.6 Å². The van der Waals surface area contributed by atoms with Crippen LogP contribution in [0.2, 0.25) is 0 Å². The van der Waals surface area contributed by atoms with Gasteiger partial charge in [0, 0.05) is 29.4 Å². The lowest BCUT2D eigenvalue weighted by Gasteiger charge is -2.21. The van der Waals surface area contributed by atoms with Crippen molar-refractivity contribution in [3.8, 4) is 0 Å². The molecule has 0 saturated heterocycles. The molecule has 8 heteroatoms. The number of carbonyl (C=O) groups is 3. The summed E-state index contributed by atoms with van der Waals surface area (Å²) < 4.78 is 14.7. The van der Waals surface area contributed by atoms with E-state index in [4.69, 9.17) is 0 Å². The molecule has 0 radical (unpaired) electrons. The van der Waals surface area contributed by atoms with Gasteiger partial charge in [-0.2, -0.15) is 0 Å². The second kappa shape index (κ2) is 9.04. The fourth-order valence-electron chi connectivity index (χ4n) is 3.59. The van der Waals surface area contributed by atoms with Crippen LogP contribution in [0.15, 0.2) is 77.8 Å². The molecule has 0 bridgehead atoms. The minimum absolute atomic E-state index is 0.142. The minimum Gasteiger partial charge on any atom is -0.311 e. The van der Waals surface area contributed by atoms with E-state index in [0.29, 0.717) is 22.5 Å². The number of benzene rings is 3. The van der Waals surface area contributed by atoms with E-state index in [1.165, 1.54) is 24.0 Å². The van der Waals surface area contributed by atoms with E-state index in [1.807, 2.05) is 0 Å². The molecule has 33 heavy (non-hydrogen) atoms. The molecule has 1 aliphatic rings. The number of amides is 3. The van der Waals surface area contributed by atoms with Crippen LogP contribution in [0.3, 0.4) is 0 Å². The molecule has 3 aromatic rings. The molecule has 7 nitrogen and oxygen atoms in total. The standard InChI is InChI=1S/C25H21FN4O3/c1-15(31)16-8-7-9-17(14-16)27-25(33)29-23-24(32)30(2)21-13-6-4-11-19(21)22(28-23)18-10-3-5-12-20(18)26/h3-14,23H,1-2H3,(H2,27,29,33). The fraction of sp³-hybridized carbons (Fsp3) is 0.120. The summed E-state index contributed by atoms with van der Waals surface area (Å²) in [4.78, 5) is 43.3. The van der Waals surface area contributed by atoms with Crippen LogP contribution < -0.4 is 15.5 Å². The number of Topliss-reactive ketones (excluding diaryl/α,β-unsaturated/α-hetero) is 1. The average molecular weight is 444 g/mol. The normalized spacial score (nSPS) is 15.2. The number of carbonyl (C=O) groups excluding carboxylic acids is 3. The number of nitrogens with zero attached hydrogens (tertiary/aromatic N) is 2. The van der Waals surface area contributed by atoms with E-state index in [2.05, 4.69) is 15.6 Å². The Labute approximate surface area is 189 Å². The summed E-state index contributed by atoms with van der Waals surface area (Å²) in [5, 5.41) is 5.17. The monoisotopic (exact) mass is 444 g/mol. The number of ketones is 1. The predicted octanol–water partition coefficient (Wildman–Crippen LogP) is 3.99. The minimum atomic E-state index is -1.30. The number of benzodiazepines with no additional fused rings is 1. The van der Waals surface area contributed by atoms with Gasteiger partial charge < -0.3 is 15.5 Å². The molecule has 1 heterocycles. The van der Waals surface area contributed by atoms with Crippen molar-refractivity contribution in [1.29, 1.82) is 0 Å². The zero-order valence-corrected chi connectivity index (χ0v) is 18.0. The van der Waals surface area contributed by atoms with Crippen LogP contribution in [0, 0.1) is 5.82 Å². The van der Waals surface area contributed by atoms with Gasteiger partial charge in [0.15, 0.2) is 5.78 Å². The van der Waals surface area contributed by atoms with E-state index >= 15 is 0 Å². The lowest BCUT2D eigenvalue weighted by atomic mass is 10.00. The molecule has 1 unspecified atom stereocenters. The Morgan fingerprint density at radius 1 is 0.970 bits per heavy atom. The molecule has 4 rings (SSSR count). The van der Waals surface area contributed by atoms with Crippen LogP contribution in [0.5, 0.6) is 0 Å². The first-order chi connectivity index (χ1) is 15.8. The highest BCUT2D eigenvalue weighted by Gasteiger charge is 2.31. The van der Waals surface area contributed by atoms with Crippen LogP contribution in [0.25, 0.3) is 0 Å². The number of halogens is 1. The molecule has 0 spiro atoms.